The second kappa shape index (κ2) is 9.79. The van der Waals surface area contributed by atoms with Crippen molar-refractivity contribution < 1.29 is 35.0 Å². The summed E-state index contributed by atoms with van der Waals surface area (Å²) in [7, 11) is -9.33. The summed E-state index contributed by atoms with van der Waals surface area (Å²) in [6.45, 7) is 4.00. The molecule has 0 heterocycles. The third-order valence-corrected chi connectivity index (χ3v) is 0. The monoisotopic (exact) mass is 243 g/mol. The molecule has 0 aliphatic heterocycles. The minimum absolute atomic E-state index is 0. The van der Waals surface area contributed by atoms with E-state index in [1.807, 2.05) is 13.8 Å². The minimum Gasteiger partial charge on any atom is -0.344 e. The molecule has 0 fully saturated rings. The molecule has 0 rings (SSSR count). The topological polar surface area (TPSA) is 184 Å². The summed E-state index contributed by atoms with van der Waals surface area (Å²) < 4.78 is 63.2. The molecule has 7 N–H and O–H groups in total. The van der Waals surface area contributed by atoms with Crippen LogP contribution in [0.4, 0.5) is 0 Å². The van der Waals surface area contributed by atoms with Gasteiger partial charge in [-0.2, -0.15) is 16.8 Å². The second-order valence-corrected chi connectivity index (χ2v) is 2.69. The molecular formula is C2H13NO8S2. The maximum absolute atomic E-state index is 8.74. The summed E-state index contributed by atoms with van der Waals surface area (Å²) >= 11 is 0. The van der Waals surface area contributed by atoms with Gasteiger partial charge in [0.2, 0.25) is 0 Å². The SMILES string of the molecule is CC.N.O=S(=O)(O)O.O=S(=O)(O)O. The Bertz CT molecular complexity index is 217. The standard InChI is InChI=1S/C2H6.H3N.2H2O4S/c1-2;;2*1-5(2,3)4/h1-2H3;1H3;2*(H2,1,2,3,4). The Morgan fingerprint density at radius 2 is 0.692 bits per heavy atom. The van der Waals surface area contributed by atoms with Crippen molar-refractivity contribution in [3.63, 3.8) is 0 Å². The van der Waals surface area contributed by atoms with Crippen molar-refractivity contribution in [2.45, 2.75) is 13.8 Å². The van der Waals surface area contributed by atoms with Gasteiger partial charge in [0.1, 0.15) is 0 Å². The van der Waals surface area contributed by atoms with Gasteiger partial charge in [0, 0.05) is 0 Å². The maximum atomic E-state index is 8.74. The first kappa shape index (κ1) is 23.0. The molecule has 0 aliphatic rings. The fraction of sp³-hybridized carbons (Fsp3) is 1.00. The third-order valence-electron chi connectivity index (χ3n) is 0. The van der Waals surface area contributed by atoms with Crippen molar-refractivity contribution in [3.05, 3.63) is 0 Å². The van der Waals surface area contributed by atoms with Crippen LogP contribution in [0.25, 0.3) is 0 Å². The molecule has 0 aromatic carbocycles. The van der Waals surface area contributed by atoms with Gasteiger partial charge < -0.3 is 6.15 Å². The lowest BCUT2D eigenvalue weighted by molar-refractivity contribution is 0.378. The van der Waals surface area contributed by atoms with Gasteiger partial charge >= 0.3 is 20.8 Å². The zero-order valence-corrected chi connectivity index (χ0v) is 8.58. The summed E-state index contributed by atoms with van der Waals surface area (Å²) in [5.74, 6) is 0. The lowest BCUT2D eigenvalue weighted by atomic mass is 11.0. The summed E-state index contributed by atoms with van der Waals surface area (Å²) in [4.78, 5) is 0. The van der Waals surface area contributed by atoms with Crippen LogP contribution in [0.2, 0.25) is 0 Å². The van der Waals surface area contributed by atoms with Crippen molar-refractivity contribution in [1.29, 1.82) is 0 Å². The molecular weight excluding hydrogens is 230 g/mol. The molecule has 0 aromatic rings. The van der Waals surface area contributed by atoms with E-state index in [2.05, 4.69) is 0 Å². The highest BCUT2D eigenvalue weighted by atomic mass is 32.3. The van der Waals surface area contributed by atoms with Gasteiger partial charge in [-0.05, 0) is 0 Å². The summed E-state index contributed by atoms with van der Waals surface area (Å²) in [5.41, 5.74) is 0. The van der Waals surface area contributed by atoms with E-state index in [1.54, 1.807) is 0 Å². The number of rotatable bonds is 0. The van der Waals surface area contributed by atoms with Crippen LogP contribution in [0.3, 0.4) is 0 Å². The lowest BCUT2D eigenvalue weighted by Gasteiger charge is -1.68. The quantitative estimate of drug-likeness (QED) is 0.361. The molecule has 0 amide bonds. The fourth-order valence-corrected chi connectivity index (χ4v) is 0. The molecule has 0 saturated heterocycles. The van der Waals surface area contributed by atoms with Gasteiger partial charge in [0.15, 0.2) is 0 Å². The van der Waals surface area contributed by atoms with Crippen molar-refractivity contribution in [2.75, 3.05) is 0 Å². The molecule has 0 saturated carbocycles. The Balaban J connectivity index is -0.0000000491. The van der Waals surface area contributed by atoms with E-state index < -0.39 is 20.8 Å². The van der Waals surface area contributed by atoms with Gasteiger partial charge in [-0.3, -0.25) is 18.2 Å². The van der Waals surface area contributed by atoms with Gasteiger partial charge in [-0.25, -0.2) is 0 Å². The molecule has 13 heavy (non-hydrogen) atoms. The van der Waals surface area contributed by atoms with E-state index in [0.717, 1.165) is 0 Å². The molecule has 86 valence electrons. The van der Waals surface area contributed by atoms with Crippen LogP contribution in [0, 0.1) is 0 Å². The summed E-state index contributed by atoms with van der Waals surface area (Å²) in [6.07, 6.45) is 0. The van der Waals surface area contributed by atoms with Crippen molar-refractivity contribution in [1.82, 2.24) is 6.15 Å². The third kappa shape index (κ3) is 12200. The largest absolute Gasteiger partial charge is 0.394 e. The van der Waals surface area contributed by atoms with Gasteiger partial charge in [-0.15, -0.1) is 0 Å². The van der Waals surface area contributed by atoms with Gasteiger partial charge in [0.25, 0.3) is 0 Å². The molecule has 0 radical (unpaired) electrons. The van der Waals surface area contributed by atoms with Gasteiger partial charge in [0.05, 0.1) is 0 Å². The van der Waals surface area contributed by atoms with Crippen LogP contribution in [0.1, 0.15) is 13.8 Å². The average molecular weight is 243 g/mol. The van der Waals surface area contributed by atoms with Crippen LogP contribution in [0.15, 0.2) is 0 Å². The zero-order valence-electron chi connectivity index (χ0n) is 6.95. The van der Waals surface area contributed by atoms with E-state index in [1.165, 1.54) is 0 Å². The summed E-state index contributed by atoms with van der Waals surface area (Å²) in [5, 5.41) is 0. The summed E-state index contributed by atoms with van der Waals surface area (Å²) in [6, 6.07) is 0. The Labute approximate surface area is 76.5 Å². The van der Waals surface area contributed by atoms with Crippen molar-refractivity contribution in [3.8, 4) is 0 Å². The fourth-order valence-electron chi connectivity index (χ4n) is 0. The van der Waals surface area contributed by atoms with E-state index in [0.29, 0.717) is 0 Å². The molecule has 0 atom stereocenters. The molecule has 0 unspecified atom stereocenters. The maximum Gasteiger partial charge on any atom is 0.394 e. The van der Waals surface area contributed by atoms with Crippen LogP contribution < -0.4 is 6.15 Å². The normalized spacial score (nSPS) is 9.38. The van der Waals surface area contributed by atoms with Gasteiger partial charge in [-0.1, -0.05) is 13.8 Å². The highest BCUT2D eigenvalue weighted by molar-refractivity contribution is 7.80. The smallest absolute Gasteiger partial charge is 0.344 e. The first-order valence-electron chi connectivity index (χ1n) is 2.40. The molecule has 0 aliphatic carbocycles. The Morgan fingerprint density at radius 3 is 0.692 bits per heavy atom. The highest BCUT2D eigenvalue weighted by Crippen LogP contribution is 1.59. The van der Waals surface area contributed by atoms with Crippen LogP contribution >= 0.6 is 0 Å². The molecule has 0 spiro atoms. The van der Waals surface area contributed by atoms with E-state index in [4.69, 9.17) is 35.0 Å². The zero-order chi connectivity index (χ0) is 11.0. The van der Waals surface area contributed by atoms with Crippen LogP contribution in [-0.4, -0.2) is 35.0 Å². The van der Waals surface area contributed by atoms with E-state index in [9.17, 15) is 0 Å². The Morgan fingerprint density at radius 1 is 0.692 bits per heavy atom. The average Bonchev–Trinajstić information content (AvgIpc) is 1.59. The predicted molar refractivity (Wildman–Crippen MR) is 44.7 cm³/mol. The molecule has 0 aromatic heterocycles. The van der Waals surface area contributed by atoms with Crippen LogP contribution in [0.5, 0.6) is 0 Å². The number of hydrogen-bond donors (Lipinski definition) is 5. The number of hydrogen-bond acceptors (Lipinski definition) is 5. The van der Waals surface area contributed by atoms with Crippen molar-refractivity contribution in [2.24, 2.45) is 0 Å². The molecule has 9 nitrogen and oxygen atoms in total. The Hall–Kier alpha value is -0.300. The highest BCUT2D eigenvalue weighted by Gasteiger charge is 1.85. The van der Waals surface area contributed by atoms with E-state index >= 15 is 0 Å². The molecule has 11 heteroatoms. The second-order valence-electron chi connectivity index (χ2n) is 0.896. The lowest BCUT2D eigenvalue weighted by Crippen LogP contribution is -1.89. The van der Waals surface area contributed by atoms with E-state index in [-0.39, 0.29) is 6.15 Å². The van der Waals surface area contributed by atoms with Crippen LogP contribution in [-0.2, 0) is 20.8 Å². The first-order chi connectivity index (χ1) is 5.00. The Kier molecular flexibility index (Phi) is 17.3. The molecule has 0 bridgehead atoms. The minimum atomic E-state index is -4.67. The van der Waals surface area contributed by atoms with Crippen molar-refractivity contribution >= 4 is 20.8 Å². The first-order valence-corrected chi connectivity index (χ1v) is 5.19. The predicted octanol–water partition coefficient (Wildman–Crippen LogP) is -0.117.